The van der Waals surface area contributed by atoms with Gasteiger partial charge in [-0.25, -0.2) is 4.39 Å². The van der Waals surface area contributed by atoms with E-state index in [2.05, 4.69) is 0 Å². The first-order valence-corrected chi connectivity index (χ1v) is 9.96. The second kappa shape index (κ2) is 9.98. The lowest BCUT2D eigenvalue weighted by Gasteiger charge is -2.21. The molecule has 158 valence electrons. The number of nitrogens with two attached hydrogens (primary N) is 1. The van der Waals surface area contributed by atoms with Crippen molar-refractivity contribution in [2.45, 2.75) is 31.0 Å². The number of aromatic hydroxyl groups is 1. The quantitative estimate of drug-likeness (QED) is 0.394. The average molecular weight is 431 g/mol. The molecule has 2 rings (SSSR count). The summed E-state index contributed by atoms with van der Waals surface area (Å²) in [6.07, 6.45) is -4.43. The van der Waals surface area contributed by atoms with Crippen LogP contribution in [-0.4, -0.2) is 39.9 Å². The van der Waals surface area contributed by atoms with Gasteiger partial charge in [-0.1, -0.05) is 24.3 Å². The van der Waals surface area contributed by atoms with Crippen molar-refractivity contribution in [3.05, 3.63) is 53.8 Å². The number of thioether (sulfide) groups is 1. The SMILES string of the molecule is NC(CCSCCC(c1ccc(-c2cc(F)ccc2O)cc1)C(F)(F)F)C(=O)O. The molecule has 2 aromatic rings. The number of benzene rings is 2. The van der Waals surface area contributed by atoms with E-state index in [1.165, 1.54) is 42.1 Å². The summed E-state index contributed by atoms with van der Waals surface area (Å²) in [7, 11) is 0. The Kier molecular flexibility index (Phi) is 7.92. The zero-order valence-corrected chi connectivity index (χ0v) is 16.1. The number of carboxylic acids is 1. The number of rotatable bonds is 9. The number of phenols is 1. The first-order chi connectivity index (χ1) is 13.6. The topological polar surface area (TPSA) is 83.5 Å². The van der Waals surface area contributed by atoms with Crippen LogP contribution >= 0.6 is 11.8 Å². The summed E-state index contributed by atoms with van der Waals surface area (Å²) in [4.78, 5) is 10.6. The molecule has 0 aliphatic rings. The number of aliphatic carboxylic acids is 1. The van der Waals surface area contributed by atoms with Gasteiger partial charge in [0, 0.05) is 5.56 Å². The third-order valence-electron chi connectivity index (χ3n) is 4.42. The molecule has 4 nitrogen and oxygen atoms in total. The van der Waals surface area contributed by atoms with Crippen molar-refractivity contribution in [1.29, 1.82) is 0 Å². The fraction of sp³-hybridized carbons (Fsp3) is 0.350. The zero-order valence-electron chi connectivity index (χ0n) is 15.3. The highest BCUT2D eigenvalue weighted by molar-refractivity contribution is 7.99. The average Bonchev–Trinajstić information content (AvgIpc) is 2.65. The number of carbonyl (C=O) groups is 1. The summed E-state index contributed by atoms with van der Waals surface area (Å²) < 4.78 is 53.9. The monoisotopic (exact) mass is 431 g/mol. The van der Waals surface area contributed by atoms with Crippen LogP contribution < -0.4 is 5.73 Å². The van der Waals surface area contributed by atoms with Crippen LogP contribution in [0.2, 0.25) is 0 Å². The number of alkyl halides is 3. The molecule has 0 fully saturated rings. The van der Waals surface area contributed by atoms with Gasteiger partial charge in [-0.2, -0.15) is 24.9 Å². The van der Waals surface area contributed by atoms with Crippen LogP contribution in [0.5, 0.6) is 5.75 Å². The first kappa shape index (κ1) is 23.0. The van der Waals surface area contributed by atoms with E-state index >= 15 is 0 Å². The fourth-order valence-electron chi connectivity index (χ4n) is 2.79. The predicted octanol–water partition coefficient (Wildman–Crippen LogP) is 4.77. The van der Waals surface area contributed by atoms with Gasteiger partial charge in [0.25, 0.3) is 0 Å². The van der Waals surface area contributed by atoms with Crippen LogP contribution in [-0.2, 0) is 4.79 Å². The lowest BCUT2D eigenvalue weighted by Crippen LogP contribution is -2.30. The maximum Gasteiger partial charge on any atom is 0.395 e. The molecule has 0 heterocycles. The number of hydrogen-bond donors (Lipinski definition) is 3. The Bertz CT molecular complexity index is 827. The Morgan fingerprint density at radius 3 is 2.28 bits per heavy atom. The van der Waals surface area contributed by atoms with Gasteiger partial charge in [-0.15, -0.1) is 0 Å². The molecule has 2 unspecified atom stereocenters. The van der Waals surface area contributed by atoms with Gasteiger partial charge < -0.3 is 15.9 Å². The van der Waals surface area contributed by atoms with Gasteiger partial charge >= 0.3 is 12.1 Å². The maximum absolute atomic E-state index is 13.5. The summed E-state index contributed by atoms with van der Waals surface area (Å²) in [6, 6.07) is 7.85. The first-order valence-electron chi connectivity index (χ1n) is 8.81. The minimum absolute atomic E-state index is 0.0694. The molecule has 0 bridgehead atoms. The van der Waals surface area contributed by atoms with Gasteiger partial charge in [0.2, 0.25) is 0 Å². The Balaban J connectivity index is 2.05. The molecule has 0 aliphatic carbocycles. The molecule has 0 radical (unpaired) electrons. The lowest BCUT2D eigenvalue weighted by atomic mass is 9.93. The minimum Gasteiger partial charge on any atom is -0.507 e. The van der Waals surface area contributed by atoms with E-state index in [9.17, 15) is 27.5 Å². The summed E-state index contributed by atoms with van der Waals surface area (Å²) in [6.45, 7) is 0. The van der Waals surface area contributed by atoms with Crippen LogP contribution in [0, 0.1) is 5.82 Å². The maximum atomic E-state index is 13.5. The van der Waals surface area contributed by atoms with Crippen LogP contribution in [0.15, 0.2) is 42.5 Å². The van der Waals surface area contributed by atoms with Crippen LogP contribution in [0.3, 0.4) is 0 Å². The second-order valence-corrected chi connectivity index (χ2v) is 7.74. The van der Waals surface area contributed by atoms with Crippen molar-refractivity contribution >= 4 is 17.7 Å². The number of phenolic OH excluding ortho intramolecular Hbond substituents is 1. The molecular formula is C20H21F4NO3S. The normalized spacial score (nSPS) is 13.8. The van der Waals surface area contributed by atoms with Crippen LogP contribution in [0.1, 0.15) is 24.3 Å². The molecular weight excluding hydrogens is 410 g/mol. The molecule has 0 amide bonds. The van der Waals surface area contributed by atoms with Gasteiger partial charge in [-0.05, 0) is 53.7 Å². The van der Waals surface area contributed by atoms with Crippen molar-refractivity contribution in [2.75, 3.05) is 11.5 Å². The molecule has 2 aromatic carbocycles. The summed E-state index contributed by atoms with van der Waals surface area (Å²) in [5.74, 6) is -2.99. The van der Waals surface area contributed by atoms with E-state index in [4.69, 9.17) is 10.8 Å². The molecule has 0 aliphatic heterocycles. The smallest absolute Gasteiger partial charge is 0.395 e. The largest absolute Gasteiger partial charge is 0.507 e. The molecule has 0 saturated carbocycles. The minimum atomic E-state index is -4.44. The summed E-state index contributed by atoms with van der Waals surface area (Å²) >= 11 is 1.22. The molecule has 2 atom stereocenters. The summed E-state index contributed by atoms with van der Waals surface area (Å²) in [5, 5.41) is 18.5. The Morgan fingerprint density at radius 2 is 1.69 bits per heavy atom. The highest BCUT2D eigenvalue weighted by Crippen LogP contribution is 2.39. The lowest BCUT2D eigenvalue weighted by molar-refractivity contribution is -0.150. The number of carboxylic acid groups (broad SMARTS) is 1. The van der Waals surface area contributed by atoms with Crippen molar-refractivity contribution in [1.82, 2.24) is 0 Å². The molecule has 0 saturated heterocycles. The Labute approximate surface area is 169 Å². The molecule has 9 heteroatoms. The predicted molar refractivity (Wildman–Crippen MR) is 104 cm³/mol. The number of halogens is 4. The van der Waals surface area contributed by atoms with Crippen molar-refractivity contribution in [3.63, 3.8) is 0 Å². The van der Waals surface area contributed by atoms with Crippen LogP contribution in [0.25, 0.3) is 11.1 Å². The van der Waals surface area contributed by atoms with E-state index in [1.807, 2.05) is 0 Å². The van der Waals surface area contributed by atoms with E-state index < -0.39 is 29.9 Å². The van der Waals surface area contributed by atoms with Crippen molar-refractivity contribution in [2.24, 2.45) is 5.73 Å². The van der Waals surface area contributed by atoms with E-state index in [0.29, 0.717) is 11.3 Å². The highest BCUT2D eigenvalue weighted by atomic mass is 32.2. The number of hydrogen-bond acceptors (Lipinski definition) is 4. The van der Waals surface area contributed by atoms with Gasteiger partial charge in [0.15, 0.2) is 0 Å². The molecule has 4 N–H and O–H groups in total. The summed E-state index contributed by atoms with van der Waals surface area (Å²) in [5.41, 5.74) is 6.04. The van der Waals surface area contributed by atoms with Gasteiger partial charge in [0.1, 0.15) is 17.6 Å². The molecule has 0 spiro atoms. The van der Waals surface area contributed by atoms with Crippen molar-refractivity contribution < 1.29 is 32.6 Å². The third-order valence-corrected chi connectivity index (χ3v) is 5.47. The van der Waals surface area contributed by atoms with Gasteiger partial charge in [-0.3, -0.25) is 4.79 Å². The van der Waals surface area contributed by atoms with Crippen LogP contribution in [0.4, 0.5) is 17.6 Å². The standard InChI is InChI=1S/C20H21F4NO3S/c21-14-5-6-18(26)15(11-14)12-1-3-13(4-2-12)16(20(22,23)24)7-9-29-10-8-17(25)19(27)28/h1-6,11,16-17,26H,7-10,25H2,(H,27,28). The third kappa shape index (κ3) is 6.64. The zero-order chi connectivity index (χ0) is 21.6. The van der Waals surface area contributed by atoms with E-state index in [1.54, 1.807) is 0 Å². The highest BCUT2D eigenvalue weighted by Gasteiger charge is 2.40. The Morgan fingerprint density at radius 1 is 1.07 bits per heavy atom. The van der Waals surface area contributed by atoms with E-state index in [0.717, 1.165) is 12.1 Å². The molecule has 0 aromatic heterocycles. The van der Waals surface area contributed by atoms with Crippen molar-refractivity contribution in [3.8, 4) is 16.9 Å². The molecule has 29 heavy (non-hydrogen) atoms. The Hall–Kier alpha value is -2.26. The van der Waals surface area contributed by atoms with E-state index in [-0.39, 0.29) is 35.5 Å². The van der Waals surface area contributed by atoms with Gasteiger partial charge in [0.05, 0.1) is 5.92 Å². The fourth-order valence-corrected chi connectivity index (χ4v) is 3.82. The second-order valence-electron chi connectivity index (χ2n) is 6.51.